The predicted molar refractivity (Wildman–Crippen MR) is 177 cm³/mol. The summed E-state index contributed by atoms with van der Waals surface area (Å²) in [7, 11) is 0. The number of rotatable bonds is 15. The molecule has 0 radical (unpaired) electrons. The maximum absolute atomic E-state index is 13.2. The van der Waals surface area contributed by atoms with E-state index in [0.29, 0.717) is 0 Å². The minimum Gasteiger partial charge on any atom is -0.459 e. The predicted octanol–water partition coefficient (Wildman–Crippen LogP) is 5.03. The van der Waals surface area contributed by atoms with Gasteiger partial charge in [0.15, 0.2) is 0 Å². The lowest BCUT2D eigenvalue weighted by Gasteiger charge is -2.20. The number of carbonyl (C=O) groups is 4. The molecule has 4 aromatic carbocycles. The molecule has 10 heteroatoms. The molecule has 0 spiro atoms. The molecule has 5 rings (SSSR count). The van der Waals surface area contributed by atoms with Gasteiger partial charge in [-0.05, 0) is 39.8 Å². The first-order valence-corrected chi connectivity index (χ1v) is 15.9. The lowest BCUT2D eigenvalue weighted by atomic mass is 9.98. The minimum absolute atomic E-state index is 0.0108. The Morgan fingerprint density at radius 1 is 0.604 bits per heavy atom. The molecule has 2 atom stereocenters. The highest BCUT2D eigenvalue weighted by Crippen LogP contribution is 2.44. The molecule has 1 aliphatic rings. The van der Waals surface area contributed by atoms with Crippen LogP contribution in [-0.4, -0.2) is 54.3 Å². The molecule has 2 amide bonds. The largest absolute Gasteiger partial charge is 0.459 e. The van der Waals surface area contributed by atoms with E-state index in [9.17, 15) is 24.3 Å². The Morgan fingerprint density at radius 3 is 1.60 bits per heavy atom. The van der Waals surface area contributed by atoms with Gasteiger partial charge in [-0.15, -0.1) is 0 Å². The van der Waals surface area contributed by atoms with Crippen LogP contribution in [0.3, 0.4) is 0 Å². The number of hydrogen-bond donors (Lipinski definition) is 3. The summed E-state index contributed by atoms with van der Waals surface area (Å²) >= 11 is 0. The van der Waals surface area contributed by atoms with Crippen molar-refractivity contribution in [1.29, 1.82) is 0 Å². The van der Waals surface area contributed by atoms with Gasteiger partial charge in [0.25, 0.3) is 0 Å². The number of ether oxygens (including phenoxy) is 3. The second-order valence-electron chi connectivity index (χ2n) is 11.4. The van der Waals surface area contributed by atoms with Crippen molar-refractivity contribution in [2.45, 2.75) is 50.5 Å². The number of alkyl carbamates (subject to hydrolysis) is 1. The molecule has 0 saturated heterocycles. The summed E-state index contributed by atoms with van der Waals surface area (Å²) in [6.07, 6.45) is -1.25. The van der Waals surface area contributed by atoms with Crippen LogP contribution in [0.2, 0.25) is 0 Å². The van der Waals surface area contributed by atoms with E-state index in [1.807, 2.05) is 84.9 Å². The summed E-state index contributed by atoms with van der Waals surface area (Å²) in [6, 6.07) is 31.7. The van der Waals surface area contributed by atoms with E-state index >= 15 is 0 Å². The fourth-order valence-corrected chi connectivity index (χ4v) is 5.61. The summed E-state index contributed by atoms with van der Waals surface area (Å²) in [4.78, 5) is 51.9. The molecule has 4 aromatic rings. The van der Waals surface area contributed by atoms with E-state index < -0.39 is 36.0 Å². The van der Waals surface area contributed by atoms with E-state index in [2.05, 4.69) is 10.6 Å². The highest BCUT2D eigenvalue weighted by atomic mass is 16.6. The summed E-state index contributed by atoms with van der Waals surface area (Å²) in [5, 5.41) is 14.6. The molecule has 10 nitrogen and oxygen atoms in total. The zero-order valence-corrected chi connectivity index (χ0v) is 26.4. The molecule has 0 fully saturated rings. The topological polar surface area (TPSA) is 140 Å². The number of aliphatic hydroxyl groups is 1. The second kappa shape index (κ2) is 16.9. The van der Waals surface area contributed by atoms with Crippen molar-refractivity contribution in [3.63, 3.8) is 0 Å². The van der Waals surface area contributed by atoms with Crippen molar-refractivity contribution in [1.82, 2.24) is 10.6 Å². The SMILES string of the molecule is O=C(CC[C@H](NC(=O)OCC1c2ccccc2-c2ccccc21)C(=O)OCc1ccccc1)N[C@@H](CCO)C(=O)OCc1ccccc1. The third-order valence-electron chi connectivity index (χ3n) is 8.07. The van der Waals surface area contributed by atoms with Gasteiger partial charge in [0.2, 0.25) is 5.91 Å². The van der Waals surface area contributed by atoms with Gasteiger partial charge in [-0.3, -0.25) is 4.79 Å². The molecule has 0 aromatic heterocycles. The standard InChI is InChI=1S/C38H38N2O8/c41-22-21-34(37(44)47-24-27-13-5-2-6-14-27)39-35(42)20-19-33(36(43)46-23-26-11-3-1-4-12-26)40-38(45)48-25-32-30-17-9-7-15-28(30)29-16-8-10-18-31(29)32/h1-18,32-34,41H,19-25H2,(H,39,42)(H,40,45)/t33-,34-/m0/s1. The quantitative estimate of drug-likeness (QED) is 0.120. The maximum atomic E-state index is 13.2. The number of fused-ring (bicyclic) bond motifs is 3. The molecule has 0 unspecified atom stereocenters. The second-order valence-corrected chi connectivity index (χ2v) is 11.4. The van der Waals surface area contributed by atoms with Crippen LogP contribution in [0, 0.1) is 0 Å². The van der Waals surface area contributed by atoms with E-state index in [4.69, 9.17) is 14.2 Å². The Labute approximate surface area is 279 Å². The molecule has 0 bridgehead atoms. The van der Waals surface area contributed by atoms with Crippen LogP contribution < -0.4 is 10.6 Å². The van der Waals surface area contributed by atoms with Crippen LogP contribution in [-0.2, 0) is 41.8 Å². The summed E-state index contributed by atoms with van der Waals surface area (Å²) in [5.41, 5.74) is 5.78. The van der Waals surface area contributed by atoms with Gasteiger partial charge in [0.1, 0.15) is 31.9 Å². The minimum atomic E-state index is -1.21. The van der Waals surface area contributed by atoms with E-state index in [1.54, 1.807) is 24.3 Å². The van der Waals surface area contributed by atoms with Crippen LogP contribution in [0.25, 0.3) is 11.1 Å². The lowest BCUT2D eigenvalue weighted by Crippen LogP contribution is -2.45. The number of aliphatic hydroxyl groups excluding tert-OH is 1. The summed E-state index contributed by atoms with van der Waals surface area (Å²) in [6.45, 7) is -0.333. The summed E-state index contributed by atoms with van der Waals surface area (Å²) < 4.78 is 16.4. The van der Waals surface area contributed by atoms with Crippen LogP contribution >= 0.6 is 0 Å². The highest BCUT2D eigenvalue weighted by molar-refractivity contribution is 5.86. The summed E-state index contributed by atoms with van der Waals surface area (Å²) in [5.74, 6) is -2.19. The molecule has 0 heterocycles. The van der Waals surface area contributed by atoms with Gasteiger partial charge in [-0.2, -0.15) is 0 Å². The van der Waals surface area contributed by atoms with Gasteiger partial charge in [0, 0.05) is 25.4 Å². The lowest BCUT2D eigenvalue weighted by molar-refractivity contribution is -0.150. The molecular weight excluding hydrogens is 612 g/mol. The third kappa shape index (κ3) is 9.07. The van der Waals surface area contributed by atoms with Crippen LogP contribution in [0.4, 0.5) is 4.79 Å². The number of carbonyl (C=O) groups excluding carboxylic acids is 4. The van der Waals surface area contributed by atoms with Gasteiger partial charge in [0.05, 0.1) is 0 Å². The van der Waals surface area contributed by atoms with E-state index in [-0.39, 0.29) is 51.6 Å². The molecule has 0 aliphatic heterocycles. The highest BCUT2D eigenvalue weighted by Gasteiger charge is 2.31. The normalized spacial score (nSPS) is 12.9. The van der Waals surface area contributed by atoms with Crippen molar-refractivity contribution in [2.75, 3.05) is 13.2 Å². The van der Waals surface area contributed by atoms with Gasteiger partial charge >= 0.3 is 18.0 Å². The first-order chi connectivity index (χ1) is 23.4. The van der Waals surface area contributed by atoms with Gasteiger partial charge in [-0.1, -0.05) is 109 Å². The average molecular weight is 651 g/mol. The Morgan fingerprint density at radius 2 is 1.08 bits per heavy atom. The number of esters is 2. The van der Waals surface area contributed by atoms with E-state index in [1.165, 1.54) is 0 Å². The molecule has 1 aliphatic carbocycles. The van der Waals surface area contributed by atoms with Gasteiger partial charge in [-0.25, -0.2) is 14.4 Å². The van der Waals surface area contributed by atoms with Crippen LogP contribution in [0.15, 0.2) is 109 Å². The molecule has 48 heavy (non-hydrogen) atoms. The Hall–Kier alpha value is -5.48. The van der Waals surface area contributed by atoms with Crippen molar-refractivity contribution in [3.05, 3.63) is 131 Å². The monoisotopic (exact) mass is 650 g/mol. The van der Waals surface area contributed by atoms with Crippen molar-refractivity contribution in [3.8, 4) is 11.1 Å². The van der Waals surface area contributed by atoms with E-state index in [0.717, 1.165) is 33.4 Å². The fourth-order valence-electron chi connectivity index (χ4n) is 5.61. The molecular formula is C38H38N2O8. The molecule has 3 N–H and O–H groups in total. The molecule has 0 saturated carbocycles. The van der Waals surface area contributed by atoms with Gasteiger partial charge < -0.3 is 30.0 Å². The van der Waals surface area contributed by atoms with Crippen molar-refractivity contribution >= 4 is 23.9 Å². The zero-order valence-electron chi connectivity index (χ0n) is 26.4. The number of amides is 2. The maximum Gasteiger partial charge on any atom is 0.407 e. The number of nitrogens with one attached hydrogen (secondary N) is 2. The Kier molecular flexibility index (Phi) is 11.9. The zero-order chi connectivity index (χ0) is 33.7. The average Bonchev–Trinajstić information content (AvgIpc) is 3.44. The number of benzene rings is 4. The van der Waals surface area contributed by atoms with Crippen LogP contribution in [0.5, 0.6) is 0 Å². The first-order valence-electron chi connectivity index (χ1n) is 15.9. The fraction of sp³-hybridized carbons (Fsp3) is 0.263. The number of hydrogen-bond acceptors (Lipinski definition) is 8. The Bertz CT molecular complexity index is 1650. The smallest absolute Gasteiger partial charge is 0.407 e. The van der Waals surface area contributed by atoms with Crippen molar-refractivity contribution in [2.24, 2.45) is 0 Å². The van der Waals surface area contributed by atoms with Crippen LogP contribution in [0.1, 0.15) is 47.4 Å². The third-order valence-corrected chi connectivity index (χ3v) is 8.07. The Balaban J connectivity index is 1.19. The molecule has 248 valence electrons. The van der Waals surface area contributed by atoms with Crippen molar-refractivity contribution < 1.29 is 38.5 Å². The first kappa shape index (κ1) is 33.9.